The maximum atomic E-state index is 12.9. The molecule has 3 nitrogen and oxygen atoms in total. The van der Waals surface area contributed by atoms with Gasteiger partial charge in [0.2, 0.25) is 0 Å². The van der Waals surface area contributed by atoms with E-state index < -0.39 is 0 Å². The van der Waals surface area contributed by atoms with E-state index in [2.05, 4.69) is 26.0 Å². The van der Waals surface area contributed by atoms with E-state index >= 15 is 0 Å². The summed E-state index contributed by atoms with van der Waals surface area (Å²) in [5, 5.41) is 0. The first-order valence-electron chi connectivity index (χ1n) is 8.06. The minimum atomic E-state index is 0.0583. The first kappa shape index (κ1) is 15.6. The van der Waals surface area contributed by atoms with Crippen LogP contribution in [-0.2, 0) is 6.42 Å². The van der Waals surface area contributed by atoms with Crippen LogP contribution in [0, 0.1) is 13.8 Å². The minimum Gasteiger partial charge on any atom is -0.497 e. The van der Waals surface area contributed by atoms with Crippen molar-refractivity contribution in [1.82, 2.24) is 4.90 Å². The molecule has 0 fully saturated rings. The van der Waals surface area contributed by atoms with Crippen molar-refractivity contribution in [1.29, 1.82) is 0 Å². The first-order chi connectivity index (χ1) is 11.0. The summed E-state index contributed by atoms with van der Waals surface area (Å²) in [6, 6.07) is 12.2. The number of carbonyl (C=O) groups excluding carboxylic acids is 1. The minimum absolute atomic E-state index is 0.0583. The van der Waals surface area contributed by atoms with Gasteiger partial charge in [0, 0.05) is 12.1 Å². The summed E-state index contributed by atoms with van der Waals surface area (Å²) < 4.78 is 5.33. The van der Waals surface area contributed by atoms with Crippen LogP contribution >= 0.6 is 0 Å². The number of ether oxygens (including phenoxy) is 1. The van der Waals surface area contributed by atoms with Crippen LogP contribution in [0.25, 0.3) is 0 Å². The Kier molecular flexibility index (Phi) is 4.12. The molecule has 1 heterocycles. The number of carbonyl (C=O) groups is 1. The number of methoxy groups -OCH3 is 1. The van der Waals surface area contributed by atoms with Crippen molar-refractivity contribution in [3.8, 4) is 5.75 Å². The zero-order valence-electron chi connectivity index (χ0n) is 14.2. The van der Waals surface area contributed by atoms with E-state index in [0.29, 0.717) is 0 Å². The number of amides is 1. The smallest absolute Gasteiger partial charge is 0.254 e. The Balaban J connectivity index is 1.91. The fourth-order valence-electron chi connectivity index (χ4n) is 3.24. The fraction of sp³-hybridized carbons (Fsp3) is 0.350. The van der Waals surface area contributed by atoms with Crippen molar-refractivity contribution in [3.63, 3.8) is 0 Å². The molecule has 1 aliphatic heterocycles. The van der Waals surface area contributed by atoms with Crippen molar-refractivity contribution in [2.24, 2.45) is 0 Å². The van der Waals surface area contributed by atoms with Gasteiger partial charge in [0.05, 0.1) is 13.2 Å². The molecule has 1 amide bonds. The van der Waals surface area contributed by atoms with Gasteiger partial charge in [-0.1, -0.05) is 12.1 Å². The highest BCUT2D eigenvalue weighted by Crippen LogP contribution is 2.33. The maximum absolute atomic E-state index is 12.9. The first-order valence-corrected chi connectivity index (χ1v) is 8.06. The van der Waals surface area contributed by atoms with E-state index in [0.717, 1.165) is 29.8 Å². The molecule has 1 atom stereocenters. The summed E-state index contributed by atoms with van der Waals surface area (Å²) in [6.07, 6.45) is 0.889. The van der Waals surface area contributed by atoms with Crippen LogP contribution in [0.3, 0.4) is 0 Å². The second-order valence-electron chi connectivity index (χ2n) is 6.29. The summed E-state index contributed by atoms with van der Waals surface area (Å²) in [7, 11) is 1.67. The van der Waals surface area contributed by atoms with Crippen molar-refractivity contribution in [2.45, 2.75) is 33.2 Å². The second-order valence-corrected chi connectivity index (χ2v) is 6.29. The molecule has 0 N–H and O–H groups in total. The molecular formula is C20H23NO2. The lowest BCUT2D eigenvalue weighted by atomic mass is 9.92. The normalized spacial score (nSPS) is 16.9. The van der Waals surface area contributed by atoms with E-state index in [1.54, 1.807) is 7.11 Å². The molecule has 2 aromatic carbocycles. The predicted molar refractivity (Wildman–Crippen MR) is 92.1 cm³/mol. The quantitative estimate of drug-likeness (QED) is 0.837. The average Bonchev–Trinajstić information content (AvgIpc) is 2.57. The summed E-state index contributed by atoms with van der Waals surface area (Å²) in [6.45, 7) is 6.96. The molecule has 1 aliphatic rings. The molecule has 120 valence electrons. The van der Waals surface area contributed by atoms with Gasteiger partial charge in [-0.15, -0.1) is 0 Å². The number of aryl methyl sites for hydroxylation is 2. The predicted octanol–water partition coefficient (Wildman–Crippen LogP) is 4.07. The SMILES string of the molecule is COc1ccc2c(c1)C(C)N(C(=O)c1ccc(C)c(C)c1)CC2. The number of hydrogen-bond donors (Lipinski definition) is 0. The molecule has 0 radical (unpaired) electrons. The molecule has 0 aliphatic carbocycles. The molecule has 2 aromatic rings. The monoisotopic (exact) mass is 309 g/mol. The van der Waals surface area contributed by atoms with E-state index in [1.807, 2.05) is 36.1 Å². The van der Waals surface area contributed by atoms with Crippen LogP contribution in [0.1, 0.15) is 45.6 Å². The van der Waals surface area contributed by atoms with Gasteiger partial charge in [0.25, 0.3) is 5.91 Å². The highest BCUT2D eigenvalue weighted by atomic mass is 16.5. The van der Waals surface area contributed by atoms with Gasteiger partial charge >= 0.3 is 0 Å². The van der Waals surface area contributed by atoms with Gasteiger partial charge in [0.15, 0.2) is 0 Å². The zero-order chi connectivity index (χ0) is 16.6. The zero-order valence-corrected chi connectivity index (χ0v) is 14.2. The second kappa shape index (κ2) is 6.07. The molecule has 0 saturated carbocycles. The Morgan fingerprint density at radius 3 is 2.61 bits per heavy atom. The number of rotatable bonds is 2. The van der Waals surface area contributed by atoms with Gasteiger partial charge < -0.3 is 9.64 Å². The van der Waals surface area contributed by atoms with Crippen molar-refractivity contribution < 1.29 is 9.53 Å². The van der Waals surface area contributed by atoms with Crippen LogP contribution in [0.5, 0.6) is 5.75 Å². The Morgan fingerprint density at radius 2 is 1.91 bits per heavy atom. The molecular weight excluding hydrogens is 286 g/mol. The summed E-state index contributed by atoms with van der Waals surface area (Å²) in [4.78, 5) is 14.9. The van der Waals surface area contributed by atoms with Crippen LogP contribution in [0.2, 0.25) is 0 Å². The number of nitrogens with zero attached hydrogens (tertiary/aromatic N) is 1. The highest BCUT2D eigenvalue weighted by molar-refractivity contribution is 5.95. The molecule has 1 unspecified atom stereocenters. The van der Waals surface area contributed by atoms with E-state index in [4.69, 9.17) is 4.74 Å². The van der Waals surface area contributed by atoms with Crippen molar-refractivity contribution >= 4 is 5.91 Å². The fourth-order valence-corrected chi connectivity index (χ4v) is 3.24. The van der Waals surface area contributed by atoms with Gasteiger partial charge in [-0.05, 0) is 73.7 Å². The standard InChI is InChI=1S/C20H23NO2/c1-13-5-6-17(11-14(13)2)20(22)21-10-9-16-7-8-18(23-4)12-19(16)15(21)3/h5-8,11-12,15H,9-10H2,1-4H3. The van der Waals surface area contributed by atoms with E-state index in [9.17, 15) is 4.79 Å². The average molecular weight is 309 g/mol. The Hall–Kier alpha value is -2.29. The molecule has 3 rings (SSSR count). The largest absolute Gasteiger partial charge is 0.497 e. The molecule has 23 heavy (non-hydrogen) atoms. The van der Waals surface area contributed by atoms with E-state index in [-0.39, 0.29) is 11.9 Å². The lowest BCUT2D eigenvalue weighted by Gasteiger charge is -2.35. The number of fused-ring (bicyclic) bond motifs is 1. The van der Waals surface area contributed by atoms with Crippen LogP contribution in [0.15, 0.2) is 36.4 Å². The third kappa shape index (κ3) is 2.83. The Bertz CT molecular complexity index is 751. The maximum Gasteiger partial charge on any atom is 0.254 e. The third-order valence-electron chi connectivity index (χ3n) is 4.91. The number of benzene rings is 2. The van der Waals surface area contributed by atoms with Gasteiger partial charge in [0.1, 0.15) is 5.75 Å². The summed E-state index contributed by atoms with van der Waals surface area (Å²) in [5.74, 6) is 0.949. The Morgan fingerprint density at radius 1 is 1.13 bits per heavy atom. The lowest BCUT2D eigenvalue weighted by Crippen LogP contribution is -2.38. The van der Waals surface area contributed by atoms with Gasteiger partial charge in [-0.3, -0.25) is 4.79 Å². The Labute approximate surface area is 137 Å². The van der Waals surface area contributed by atoms with Crippen LogP contribution < -0.4 is 4.74 Å². The topological polar surface area (TPSA) is 29.5 Å². The number of hydrogen-bond acceptors (Lipinski definition) is 2. The van der Waals surface area contributed by atoms with Crippen LogP contribution in [0.4, 0.5) is 0 Å². The highest BCUT2D eigenvalue weighted by Gasteiger charge is 2.28. The molecule has 0 spiro atoms. The molecule has 0 bridgehead atoms. The summed E-state index contributed by atoms with van der Waals surface area (Å²) >= 11 is 0. The molecule has 0 aromatic heterocycles. The lowest BCUT2D eigenvalue weighted by molar-refractivity contribution is 0.0677. The third-order valence-corrected chi connectivity index (χ3v) is 4.91. The molecule has 3 heteroatoms. The van der Waals surface area contributed by atoms with Crippen molar-refractivity contribution in [3.05, 3.63) is 64.2 Å². The van der Waals surface area contributed by atoms with E-state index in [1.165, 1.54) is 16.7 Å². The van der Waals surface area contributed by atoms with Gasteiger partial charge in [-0.2, -0.15) is 0 Å². The summed E-state index contributed by atoms with van der Waals surface area (Å²) in [5.41, 5.74) is 5.63. The van der Waals surface area contributed by atoms with Gasteiger partial charge in [-0.25, -0.2) is 0 Å². The molecule has 0 saturated heterocycles. The van der Waals surface area contributed by atoms with Crippen LogP contribution in [-0.4, -0.2) is 24.5 Å². The van der Waals surface area contributed by atoms with Crippen molar-refractivity contribution in [2.75, 3.05) is 13.7 Å².